The van der Waals surface area contributed by atoms with Crippen LogP contribution in [0, 0.1) is 0 Å². The van der Waals surface area contributed by atoms with Gasteiger partial charge in [-0.2, -0.15) is 30.6 Å². The summed E-state index contributed by atoms with van der Waals surface area (Å²) in [5.41, 5.74) is -4.05. The quantitative estimate of drug-likeness (QED) is 0.661. The normalized spacial score (nSPS) is 15.8. The number of nitrogens with zero attached hydrogens (tertiary/aromatic N) is 1. The first-order chi connectivity index (χ1) is 14.3. The third-order valence-corrected chi connectivity index (χ3v) is 6.58. The Kier molecular flexibility index (Phi) is 6.07. The van der Waals surface area contributed by atoms with Crippen molar-refractivity contribution in [3.05, 3.63) is 59.2 Å². The molecule has 5 nitrogen and oxygen atoms in total. The molecule has 31 heavy (non-hydrogen) atoms. The minimum atomic E-state index is -5.08. The van der Waals surface area contributed by atoms with Gasteiger partial charge in [0, 0.05) is 24.3 Å². The van der Waals surface area contributed by atoms with E-state index in [1.807, 2.05) is 0 Å². The highest BCUT2D eigenvalue weighted by Crippen LogP contribution is 2.36. The van der Waals surface area contributed by atoms with E-state index in [9.17, 15) is 39.6 Å². The number of alkyl halides is 6. The van der Waals surface area contributed by atoms with E-state index in [0.717, 1.165) is 12.8 Å². The van der Waals surface area contributed by atoms with E-state index < -0.39 is 45.0 Å². The van der Waals surface area contributed by atoms with E-state index >= 15 is 0 Å². The summed E-state index contributed by atoms with van der Waals surface area (Å²) in [5, 5.41) is 2.18. The van der Waals surface area contributed by atoms with Crippen LogP contribution in [0.25, 0.3) is 0 Å². The fourth-order valence-electron chi connectivity index (χ4n) is 3.08. The van der Waals surface area contributed by atoms with E-state index in [4.69, 9.17) is 0 Å². The van der Waals surface area contributed by atoms with Crippen molar-refractivity contribution in [1.82, 2.24) is 4.31 Å². The van der Waals surface area contributed by atoms with Crippen molar-refractivity contribution in [3.8, 4) is 0 Å². The zero-order chi connectivity index (χ0) is 23.0. The van der Waals surface area contributed by atoms with Crippen LogP contribution in [0.5, 0.6) is 0 Å². The number of anilines is 1. The van der Waals surface area contributed by atoms with Crippen molar-refractivity contribution in [2.45, 2.75) is 30.1 Å². The van der Waals surface area contributed by atoms with E-state index in [1.165, 1.54) is 28.6 Å². The first kappa shape index (κ1) is 23.1. The Morgan fingerprint density at radius 1 is 0.839 bits per heavy atom. The van der Waals surface area contributed by atoms with Crippen LogP contribution in [0.3, 0.4) is 0 Å². The first-order valence-electron chi connectivity index (χ1n) is 8.99. The molecule has 0 saturated carbocycles. The predicted molar refractivity (Wildman–Crippen MR) is 98.8 cm³/mol. The standard InChI is InChI=1S/C19H16F6N2O3S/c20-18(21,22)13-9-12(10-14(11-13)19(23,24)25)17(28)26-15-3-5-16(6-4-15)31(29,30)27-7-1-2-8-27/h3-6,9-11H,1-2,7-8H2,(H,26,28). The number of benzene rings is 2. The molecule has 0 atom stereocenters. The number of sulfonamides is 1. The molecule has 1 heterocycles. The van der Waals surface area contributed by atoms with Crippen LogP contribution in [0.1, 0.15) is 34.3 Å². The number of nitrogens with one attached hydrogen (secondary N) is 1. The van der Waals surface area contributed by atoms with Crippen molar-refractivity contribution in [2.24, 2.45) is 0 Å². The fraction of sp³-hybridized carbons (Fsp3) is 0.316. The number of amides is 1. The SMILES string of the molecule is O=C(Nc1ccc(S(=O)(=O)N2CCCC2)cc1)c1cc(C(F)(F)F)cc(C(F)(F)F)c1. The minimum absolute atomic E-state index is 0.0105. The van der Waals surface area contributed by atoms with Crippen LogP contribution in [-0.2, 0) is 22.4 Å². The van der Waals surface area contributed by atoms with Gasteiger partial charge in [0.2, 0.25) is 10.0 Å². The van der Waals surface area contributed by atoms with E-state index in [2.05, 4.69) is 5.32 Å². The Morgan fingerprint density at radius 2 is 1.32 bits per heavy atom. The Morgan fingerprint density at radius 3 is 1.77 bits per heavy atom. The summed E-state index contributed by atoms with van der Waals surface area (Å²) in [5.74, 6) is -1.20. The Hall–Kier alpha value is -2.60. The van der Waals surface area contributed by atoms with Crippen LogP contribution < -0.4 is 5.32 Å². The van der Waals surface area contributed by atoms with Crippen molar-refractivity contribution >= 4 is 21.6 Å². The van der Waals surface area contributed by atoms with Gasteiger partial charge in [0.1, 0.15) is 0 Å². The highest BCUT2D eigenvalue weighted by molar-refractivity contribution is 7.89. The molecule has 1 aliphatic rings. The average molecular weight is 466 g/mol. The lowest BCUT2D eigenvalue weighted by Crippen LogP contribution is -2.27. The molecule has 1 aliphatic heterocycles. The van der Waals surface area contributed by atoms with E-state index in [-0.39, 0.29) is 16.6 Å². The minimum Gasteiger partial charge on any atom is -0.322 e. The second-order valence-electron chi connectivity index (χ2n) is 6.88. The van der Waals surface area contributed by atoms with Crippen molar-refractivity contribution in [3.63, 3.8) is 0 Å². The topological polar surface area (TPSA) is 66.5 Å². The Bertz CT molecular complexity index is 1040. The molecule has 0 unspecified atom stereocenters. The lowest BCUT2D eigenvalue weighted by atomic mass is 10.0. The van der Waals surface area contributed by atoms with Gasteiger partial charge in [-0.3, -0.25) is 4.79 Å². The van der Waals surface area contributed by atoms with Crippen LogP contribution in [-0.4, -0.2) is 31.7 Å². The summed E-state index contributed by atoms with van der Waals surface area (Å²) in [7, 11) is -3.71. The number of rotatable bonds is 4. The molecule has 0 bridgehead atoms. The smallest absolute Gasteiger partial charge is 0.322 e. The summed E-state index contributed by atoms with van der Waals surface area (Å²) < 4.78 is 104. The number of hydrogen-bond donors (Lipinski definition) is 1. The Labute approximate surface area is 173 Å². The maximum atomic E-state index is 13.0. The van der Waals surface area contributed by atoms with Crippen LogP contribution in [0.2, 0.25) is 0 Å². The molecule has 2 aromatic rings. The maximum Gasteiger partial charge on any atom is 0.416 e. The summed E-state index contributed by atoms with van der Waals surface area (Å²) in [6.07, 6.45) is -8.68. The molecule has 168 valence electrons. The van der Waals surface area contributed by atoms with Gasteiger partial charge in [-0.1, -0.05) is 0 Å². The summed E-state index contributed by atoms with van der Waals surface area (Å²) >= 11 is 0. The lowest BCUT2D eigenvalue weighted by Gasteiger charge is -2.16. The second kappa shape index (κ2) is 8.15. The lowest BCUT2D eigenvalue weighted by molar-refractivity contribution is -0.143. The van der Waals surface area contributed by atoms with Crippen molar-refractivity contribution < 1.29 is 39.6 Å². The zero-order valence-electron chi connectivity index (χ0n) is 15.7. The summed E-state index contributed by atoms with van der Waals surface area (Å²) in [6.45, 7) is 0.774. The largest absolute Gasteiger partial charge is 0.416 e. The van der Waals surface area contributed by atoms with Gasteiger partial charge < -0.3 is 5.32 Å². The average Bonchev–Trinajstić information content (AvgIpc) is 3.22. The van der Waals surface area contributed by atoms with E-state index in [0.29, 0.717) is 25.2 Å². The molecule has 3 rings (SSSR count). The Balaban J connectivity index is 1.84. The third kappa shape index (κ3) is 5.18. The first-order valence-corrected chi connectivity index (χ1v) is 10.4. The second-order valence-corrected chi connectivity index (χ2v) is 8.82. The highest BCUT2D eigenvalue weighted by Gasteiger charge is 2.37. The molecule has 0 radical (unpaired) electrons. The zero-order valence-corrected chi connectivity index (χ0v) is 16.5. The van der Waals surface area contributed by atoms with Gasteiger partial charge in [0.25, 0.3) is 5.91 Å². The van der Waals surface area contributed by atoms with Gasteiger partial charge in [-0.25, -0.2) is 8.42 Å². The molecule has 1 saturated heterocycles. The molecule has 1 fully saturated rings. The molecular weight excluding hydrogens is 450 g/mol. The van der Waals surface area contributed by atoms with Gasteiger partial charge in [-0.15, -0.1) is 0 Å². The fourth-order valence-corrected chi connectivity index (χ4v) is 4.59. The maximum absolute atomic E-state index is 13.0. The number of hydrogen-bond acceptors (Lipinski definition) is 3. The van der Waals surface area contributed by atoms with Crippen molar-refractivity contribution in [1.29, 1.82) is 0 Å². The van der Waals surface area contributed by atoms with Gasteiger partial charge >= 0.3 is 12.4 Å². The van der Waals surface area contributed by atoms with Gasteiger partial charge in [0.05, 0.1) is 16.0 Å². The molecule has 2 aromatic carbocycles. The molecule has 12 heteroatoms. The predicted octanol–water partition coefficient (Wildman–Crippen LogP) is 4.76. The number of halogens is 6. The van der Waals surface area contributed by atoms with E-state index in [1.54, 1.807) is 0 Å². The molecule has 1 N–H and O–H groups in total. The third-order valence-electron chi connectivity index (χ3n) is 4.66. The highest BCUT2D eigenvalue weighted by atomic mass is 32.2. The summed E-state index contributed by atoms with van der Waals surface area (Å²) in [6, 6.07) is 5.38. The van der Waals surface area contributed by atoms with Crippen LogP contribution in [0.4, 0.5) is 32.0 Å². The molecule has 0 aliphatic carbocycles. The van der Waals surface area contributed by atoms with Crippen molar-refractivity contribution in [2.75, 3.05) is 18.4 Å². The molecular formula is C19H16F6N2O3S. The summed E-state index contributed by atoms with van der Waals surface area (Å²) in [4.78, 5) is 12.3. The number of carbonyl (C=O) groups is 1. The van der Waals surface area contributed by atoms with Crippen LogP contribution >= 0.6 is 0 Å². The molecule has 1 amide bonds. The van der Waals surface area contributed by atoms with Gasteiger partial charge in [0.15, 0.2) is 0 Å². The molecule has 0 aromatic heterocycles. The van der Waals surface area contributed by atoms with Crippen LogP contribution in [0.15, 0.2) is 47.4 Å². The number of carbonyl (C=O) groups excluding carboxylic acids is 1. The molecule has 0 spiro atoms. The monoisotopic (exact) mass is 466 g/mol. The van der Waals surface area contributed by atoms with Gasteiger partial charge in [-0.05, 0) is 55.3 Å².